The molecule has 0 radical (unpaired) electrons. The van der Waals surface area contributed by atoms with Crippen LogP contribution in [0.2, 0.25) is 0 Å². The topological polar surface area (TPSA) is 146 Å². The lowest BCUT2D eigenvalue weighted by Crippen LogP contribution is -2.21. The minimum Gasteiger partial charge on any atom is -0.456 e. The number of aryl methyl sites for hydroxylation is 1. The summed E-state index contributed by atoms with van der Waals surface area (Å²) in [7, 11) is 0. The molecule has 0 bridgehead atoms. The van der Waals surface area contributed by atoms with Crippen LogP contribution in [0.4, 0.5) is 11.4 Å². The number of hydrogen-bond donors (Lipinski definition) is 3. The quantitative estimate of drug-likeness (QED) is 0.193. The van der Waals surface area contributed by atoms with Crippen LogP contribution in [0, 0.1) is 0 Å². The molecule has 3 aromatic rings. The van der Waals surface area contributed by atoms with Gasteiger partial charge < -0.3 is 26.3 Å². The standard InChI is InChI=1S/C25H24N4O5/c26-25(27)29-20-11-9-18(10-12-20)24(32)34-21-13-6-17(7-14-21)8-15-23(31)33-16-22(30)28-19-4-2-1-3-5-19/h1-7,9-14H,8,15-16H2,(H,28,30)(H4,26,27,29). The maximum Gasteiger partial charge on any atom is 0.343 e. The van der Waals surface area contributed by atoms with Gasteiger partial charge in [-0.15, -0.1) is 0 Å². The number of nitrogens with zero attached hydrogens (tertiary/aromatic N) is 1. The van der Waals surface area contributed by atoms with E-state index in [2.05, 4.69) is 10.3 Å². The Morgan fingerprint density at radius 1 is 0.853 bits per heavy atom. The van der Waals surface area contributed by atoms with Crippen LogP contribution in [0.5, 0.6) is 5.75 Å². The van der Waals surface area contributed by atoms with Crippen LogP contribution in [0.3, 0.4) is 0 Å². The minimum atomic E-state index is -0.527. The van der Waals surface area contributed by atoms with Crippen LogP contribution in [0.15, 0.2) is 83.9 Å². The molecule has 174 valence electrons. The number of rotatable bonds is 9. The van der Waals surface area contributed by atoms with E-state index in [4.69, 9.17) is 20.9 Å². The first-order valence-electron chi connectivity index (χ1n) is 10.4. The Balaban J connectivity index is 1.41. The predicted octanol–water partition coefficient (Wildman–Crippen LogP) is 2.93. The molecule has 0 saturated heterocycles. The van der Waals surface area contributed by atoms with E-state index in [0.717, 1.165) is 5.56 Å². The highest BCUT2D eigenvalue weighted by atomic mass is 16.5. The van der Waals surface area contributed by atoms with E-state index in [1.54, 1.807) is 72.8 Å². The number of nitrogens with one attached hydrogen (secondary N) is 1. The Kier molecular flexibility index (Phi) is 8.34. The monoisotopic (exact) mass is 460 g/mol. The first kappa shape index (κ1) is 24.0. The average Bonchev–Trinajstić information content (AvgIpc) is 2.83. The Morgan fingerprint density at radius 3 is 2.18 bits per heavy atom. The van der Waals surface area contributed by atoms with Gasteiger partial charge in [0.25, 0.3) is 5.91 Å². The number of para-hydroxylation sites is 1. The molecule has 0 saturated carbocycles. The molecule has 3 rings (SSSR count). The number of carbonyl (C=O) groups is 3. The first-order valence-corrected chi connectivity index (χ1v) is 10.4. The molecule has 9 nitrogen and oxygen atoms in total. The predicted molar refractivity (Wildman–Crippen MR) is 128 cm³/mol. The molecular formula is C25H24N4O5. The van der Waals surface area contributed by atoms with Gasteiger partial charge >= 0.3 is 11.9 Å². The highest BCUT2D eigenvalue weighted by Gasteiger charge is 2.10. The normalized spacial score (nSPS) is 10.1. The van der Waals surface area contributed by atoms with Gasteiger partial charge in [-0.05, 0) is 60.5 Å². The summed E-state index contributed by atoms with van der Waals surface area (Å²) >= 11 is 0. The van der Waals surface area contributed by atoms with Crippen molar-refractivity contribution in [1.82, 2.24) is 0 Å². The number of esters is 2. The average molecular weight is 460 g/mol. The number of guanidine groups is 1. The lowest BCUT2D eigenvalue weighted by molar-refractivity contribution is -0.147. The molecule has 0 spiro atoms. The lowest BCUT2D eigenvalue weighted by atomic mass is 10.1. The molecule has 0 unspecified atom stereocenters. The van der Waals surface area contributed by atoms with Crippen molar-refractivity contribution in [2.45, 2.75) is 12.8 Å². The third-order valence-electron chi connectivity index (χ3n) is 4.53. The minimum absolute atomic E-state index is 0.0720. The van der Waals surface area contributed by atoms with Gasteiger partial charge in [0.2, 0.25) is 0 Å². The second-order valence-corrected chi connectivity index (χ2v) is 7.19. The van der Waals surface area contributed by atoms with Crippen LogP contribution in [-0.2, 0) is 20.7 Å². The summed E-state index contributed by atoms with van der Waals surface area (Å²) < 4.78 is 10.4. The summed E-state index contributed by atoms with van der Waals surface area (Å²) in [6, 6.07) is 22.0. The Labute approximate surface area is 196 Å². The zero-order valence-corrected chi connectivity index (χ0v) is 18.3. The van der Waals surface area contributed by atoms with E-state index < -0.39 is 17.8 Å². The molecule has 3 aromatic carbocycles. The van der Waals surface area contributed by atoms with Gasteiger partial charge in [0.1, 0.15) is 5.75 Å². The third kappa shape index (κ3) is 7.79. The summed E-state index contributed by atoms with van der Waals surface area (Å²) in [6.45, 7) is -0.352. The largest absolute Gasteiger partial charge is 0.456 e. The molecule has 0 aliphatic carbocycles. The molecule has 0 aromatic heterocycles. The van der Waals surface area contributed by atoms with E-state index in [1.165, 1.54) is 0 Å². The van der Waals surface area contributed by atoms with Crippen molar-refractivity contribution in [3.8, 4) is 5.75 Å². The number of hydrogen-bond acceptors (Lipinski definition) is 6. The van der Waals surface area contributed by atoms with Gasteiger partial charge in [-0.3, -0.25) is 9.59 Å². The van der Waals surface area contributed by atoms with Crippen molar-refractivity contribution in [2.75, 3.05) is 11.9 Å². The van der Waals surface area contributed by atoms with Gasteiger partial charge in [-0.2, -0.15) is 0 Å². The van der Waals surface area contributed by atoms with Gasteiger partial charge in [-0.25, -0.2) is 9.79 Å². The Hall–Kier alpha value is -4.66. The van der Waals surface area contributed by atoms with Crippen molar-refractivity contribution < 1.29 is 23.9 Å². The van der Waals surface area contributed by atoms with Crippen LogP contribution in [0.25, 0.3) is 0 Å². The van der Waals surface area contributed by atoms with Crippen molar-refractivity contribution >= 4 is 35.2 Å². The van der Waals surface area contributed by atoms with Crippen LogP contribution >= 0.6 is 0 Å². The summed E-state index contributed by atoms with van der Waals surface area (Å²) in [4.78, 5) is 39.9. The van der Waals surface area contributed by atoms with E-state index in [-0.39, 0.29) is 19.0 Å². The van der Waals surface area contributed by atoms with Crippen molar-refractivity contribution in [1.29, 1.82) is 0 Å². The van der Waals surface area contributed by atoms with Crippen molar-refractivity contribution in [2.24, 2.45) is 16.5 Å². The molecule has 0 heterocycles. The van der Waals surface area contributed by atoms with Gasteiger partial charge in [0.05, 0.1) is 11.3 Å². The maximum absolute atomic E-state index is 12.3. The smallest absolute Gasteiger partial charge is 0.343 e. The zero-order valence-electron chi connectivity index (χ0n) is 18.3. The molecule has 5 N–H and O–H groups in total. The van der Waals surface area contributed by atoms with E-state index in [0.29, 0.717) is 29.1 Å². The molecule has 0 aliphatic heterocycles. The highest BCUT2D eigenvalue weighted by Crippen LogP contribution is 2.17. The summed E-state index contributed by atoms with van der Waals surface area (Å²) in [6.07, 6.45) is 0.527. The first-order chi connectivity index (χ1) is 16.4. The zero-order chi connectivity index (χ0) is 24.3. The summed E-state index contributed by atoms with van der Waals surface area (Å²) in [5, 5.41) is 2.64. The van der Waals surface area contributed by atoms with Crippen LogP contribution in [-0.4, -0.2) is 30.4 Å². The summed E-state index contributed by atoms with van der Waals surface area (Å²) in [5.41, 5.74) is 13.0. The Morgan fingerprint density at radius 2 is 1.53 bits per heavy atom. The van der Waals surface area contributed by atoms with Gasteiger partial charge in [0.15, 0.2) is 12.6 Å². The number of aliphatic imine (C=N–C) groups is 1. The molecule has 1 amide bonds. The van der Waals surface area contributed by atoms with Gasteiger partial charge in [-0.1, -0.05) is 30.3 Å². The number of nitrogens with two attached hydrogens (primary N) is 2. The van der Waals surface area contributed by atoms with Crippen LogP contribution < -0.4 is 21.5 Å². The number of anilines is 1. The molecular weight excluding hydrogens is 436 g/mol. The SMILES string of the molecule is NC(N)=Nc1ccc(C(=O)Oc2ccc(CCC(=O)OCC(=O)Nc3ccccc3)cc2)cc1. The number of carbonyl (C=O) groups excluding carboxylic acids is 3. The van der Waals surface area contributed by atoms with Crippen molar-refractivity contribution in [3.63, 3.8) is 0 Å². The fourth-order valence-electron chi connectivity index (χ4n) is 2.89. The molecule has 0 fully saturated rings. The van der Waals surface area contributed by atoms with Gasteiger partial charge in [0, 0.05) is 12.1 Å². The number of amides is 1. The molecule has 34 heavy (non-hydrogen) atoms. The van der Waals surface area contributed by atoms with Crippen molar-refractivity contribution in [3.05, 3.63) is 90.0 Å². The second kappa shape index (κ2) is 11.8. The number of benzene rings is 3. The summed E-state index contributed by atoms with van der Waals surface area (Å²) in [5.74, 6) is -1.12. The fraction of sp³-hybridized carbons (Fsp3) is 0.120. The lowest BCUT2D eigenvalue weighted by Gasteiger charge is -2.07. The molecule has 0 aliphatic rings. The van der Waals surface area contributed by atoms with Crippen LogP contribution in [0.1, 0.15) is 22.3 Å². The third-order valence-corrected chi connectivity index (χ3v) is 4.53. The Bertz CT molecular complexity index is 1160. The van der Waals surface area contributed by atoms with E-state index in [9.17, 15) is 14.4 Å². The number of ether oxygens (including phenoxy) is 2. The maximum atomic E-state index is 12.3. The molecule has 9 heteroatoms. The second-order valence-electron chi connectivity index (χ2n) is 7.19. The van der Waals surface area contributed by atoms with E-state index >= 15 is 0 Å². The van der Waals surface area contributed by atoms with E-state index in [1.807, 2.05) is 6.07 Å². The molecule has 0 atom stereocenters. The highest BCUT2D eigenvalue weighted by molar-refractivity contribution is 5.93. The fourth-order valence-corrected chi connectivity index (χ4v) is 2.89.